The van der Waals surface area contributed by atoms with Crippen molar-refractivity contribution >= 4 is 15.9 Å². The highest BCUT2D eigenvalue weighted by atomic mass is 32.2. The SMILES string of the molecule is CCCS(=O)(=O)N1CC[C@@H](NC(=O)c2cc(C3CC3)on2)C[C@@H]1C. The zero-order chi connectivity index (χ0) is 17.3. The number of piperidine rings is 1. The molecule has 1 saturated heterocycles. The van der Waals surface area contributed by atoms with Crippen LogP contribution in [-0.2, 0) is 10.0 Å². The summed E-state index contributed by atoms with van der Waals surface area (Å²) in [6.07, 6.45) is 4.03. The second-order valence-electron chi connectivity index (χ2n) is 6.86. The van der Waals surface area contributed by atoms with E-state index in [-0.39, 0.29) is 23.7 Å². The maximum absolute atomic E-state index is 12.3. The molecule has 0 radical (unpaired) electrons. The van der Waals surface area contributed by atoms with Crippen LogP contribution < -0.4 is 5.32 Å². The fourth-order valence-electron chi connectivity index (χ4n) is 3.29. The van der Waals surface area contributed by atoms with E-state index in [2.05, 4.69) is 10.5 Å². The van der Waals surface area contributed by atoms with Crippen LogP contribution in [0.15, 0.2) is 10.6 Å². The van der Waals surface area contributed by atoms with E-state index in [4.69, 9.17) is 4.52 Å². The smallest absolute Gasteiger partial charge is 0.273 e. The minimum absolute atomic E-state index is 0.0401. The Morgan fingerprint density at radius 2 is 2.17 bits per heavy atom. The highest BCUT2D eigenvalue weighted by Crippen LogP contribution is 2.40. The van der Waals surface area contributed by atoms with Crippen LogP contribution in [0.5, 0.6) is 0 Å². The van der Waals surface area contributed by atoms with E-state index in [1.165, 1.54) is 0 Å². The van der Waals surface area contributed by atoms with E-state index in [1.54, 1.807) is 10.4 Å². The summed E-state index contributed by atoms with van der Waals surface area (Å²) in [6.45, 7) is 4.20. The van der Waals surface area contributed by atoms with Crippen LogP contribution in [0.25, 0.3) is 0 Å². The van der Waals surface area contributed by atoms with Crippen molar-refractivity contribution in [1.29, 1.82) is 0 Å². The van der Waals surface area contributed by atoms with Crippen molar-refractivity contribution in [3.8, 4) is 0 Å². The van der Waals surface area contributed by atoms with Gasteiger partial charge < -0.3 is 9.84 Å². The van der Waals surface area contributed by atoms with Crippen LogP contribution in [0.3, 0.4) is 0 Å². The van der Waals surface area contributed by atoms with Gasteiger partial charge in [-0.3, -0.25) is 4.79 Å². The van der Waals surface area contributed by atoms with E-state index >= 15 is 0 Å². The van der Waals surface area contributed by atoms with Gasteiger partial charge in [0.15, 0.2) is 5.69 Å². The highest BCUT2D eigenvalue weighted by molar-refractivity contribution is 7.89. The lowest BCUT2D eigenvalue weighted by Gasteiger charge is -2.36. The Labute approximate surface area is 142 Å². The molecule has 2 fully saturated rings. The second-order valence-corrected chi connectivity index (χ2v) is 8.90. The average Bonchev–Trinajstić information content (AvgIpc) is 3.24. The Morgan fingerprint density at radius 3 is 2.79 bits per heavy atom. The van der Waals surface area contributed by atoms with Crippen molar-refractivity contribution in [3.63, 3.8) is 0 Å². The minimum Gasteiger partial charge on any atom is -0.360 e. The summed E-state index contributed by atoms with van der Waals surface area (Å²) in [4.78, 5) is 12.3. The first kappa shape index (κ1) is 17.4. The standard InChI is InChI=1S/C16H25N3O4S/c1-3-8-24(21,22)19-7-6-13(9-11(19)2)17-16(20)14-10-15(23-18-14)12-4-5-12/h10-13H,3-9H2,1-2H3,(H,17,20)/t11-,13+/m0/s1. The van der Waals surface area contributed by atoms with Crippen LogP contribution >= 0.6 is 0 Å². The number of amides is 1. The Hall–Kier alpha value is -1.41. The lowest BCUT2D eigenvalue weighted by Crippen LogP contribution is -2.51. The van der Waals surface area contributed by atoms with Crippen LogP contribution in [0.4, 0.5) is 0 Å². The molecule has 0 spiro atoms. The molecule has 0 unspecified atom stereocenters. The van der Waals surface area contributed by atoms with Crippen LogP contribution in [0, 0.1) is 0 Å². The molecular formula is C16H25N3O4S. The van der Waals surface area contributed by atoms with Crippen molar-refractivity contribution in [2.24, 2.45) is 0 Å². The summed E-state index contributed by atoms with van der Waals surface area (Å²) in [5.41, 5.74) is 0.311. The molecule has 1 aromatic rings. The van der Waals surface area contributed by atoms with Gasteiger partial charge in [-0.05, 0) is 39.0 Å². The number of hydrogen-bond donors (Lipinski definition) is 1. The largest absolute Gasteiger partial charge is 0.360 e. The molecule has 2 atom stereocenters. The van der Waals surface area contributed by atoms with Crippen molar-refractivity contribution < 1.29 is 17.7 Å². The van der Waals surface area contributed by atoms with Gasteiger partial charge in [0.25, 0.3) is 5.91 Å². The number of aromatic nitrogens is 1. The predicted molar refractivity (Wildman–Crippen MR) is 89.2 cm³/mol. The van der Waals surface area contributed by atoms with Gasteiger partial charge in [-0.1, -0.05) is 12.1 Å². The highest BCUT2D eigenvalue weighted by Gasteiger charge is 2.34. The first-order valence-electron chi connectivity index (χ1n) is 8.67. The Bertz CT molecular complexity index is 696. The molecule has 3 rings (SSSR count). The van der Waals surface area contributed by atoms with Gasteiger partial charge >= 0.3 is 0 Å². The lowest BCUT2D eigenvalue weighted by atomic mass is 10.0. The Balaban J connectivity index is 1.56. The summed E-state index contributed by atoms with van der Waals surface area (Å²) < 4.78 is 31.3. The number of rotatable bonds is 6. The molecule has 1 saturated carbocycles. The molecule has 8 heteroatoms. The number of carbonyl (C=O) groups is 1. The molecule has 2 aliphatic rings. The second kappa shape index (κ2) is 6.84. The quantitative estimate of drug-likeness (QED) is 0.841. The van der Waals surface area contributed by atoms with Crippen LogP contribution in [-0.4, -0.2) is 48.2 Å². The molecule has 2 heterocycles. The Morgan fingerprint density at radius 1 is 1.42 bits per heavy atom. The van der Waals surface area contributed by atoms with Crippen LogP contribution in [0.1, 0.15) is 68.1 Å². The number of nitrogens with one attached hydrogen (secondary N) is 1. The van der Waals surface area contributed by atoms with Gasteiger partial charge in [-0.15, -0.1) is 0 Å². The molecule has 1 aromatic heterocycles. The summed E-state index contributed by atoms with van der Waals surface area (Å²) in [6, 6.07) is 1.57. The summed E-state index contributed by atoms with van der Waals surface area (Å²) in [5, 5.41) is 6.81. The molecule has 0 aromatic carbocycles. The molecule has 1 amide bonds. The summed E-state index contributed by atoms with van der Waals surface area (Å²) >= 11 is 0. The predicted octanol–water partition coefficient (Wildman–Crippen LogP) is 1.87. The van der Waals surface area contributed by atoms with E-state index in [0.29, 0.717) is 37.4 Å². The maximum Gasteiger partial charge on any atom is 0.273 e. The van der Waals surface area contributed by atoms with Gasteiger partial charge in [0.1, 0.15) is 5.76 Å². The van der Waals surface area contributed by atoms with E-state index < -0.39 is 10.0 Å². The van der Waals surface area contributed by atoms with Gasteiger partial charge in [-0.25, -0.2) is 8.42 Å². The van der Waals surface area contributed by atoms with Crippen molar-refractivity contribution in [2.75, 3.05) is 12.3 Å². The van der Waals surface area contributed by atoms with Gasteiger partial charge in [0.2, 0.25) is 10.0 Å². The maximum atomic E-state index is 12.3. The fraction of sp³-hybridized carbons (Fsp3) is 0.750. The number of hydrogen-bond acceptors (Lipinski definition) is 5. The zero-order valence-corrected chi connectivity index (χ0v) is 15.0. The third-order valence-corrected chi connectivity index (χ3v) is 6.89. The summed E-state index contributed by atoms with van der Waals surface area (Å²) in [5.74, 6) is 1.14. The third kappa shape index (κ3) is 3.80. The molecular weight excluding hydrogens is 330 g/mol. The van der Waals surface area contributed by atoms with E-state index in [0.717, 1.165) is 18.6 Å². The monoisotopic (exact) mass is 355 g/mol. The molecule has 7 nitrogen and oxygen atoms in total. The average molecular weight is 355 g/mol. The molecule has 1 aliphatic carbocycles. The number of carbonyl (C=O) groups excluding carboxylic acids is 1. The van der Waals surface area contributed by atoms with Crippen molar-refractivity contribution in [1.82, 2.24) is 14.8 Å². The minimum atomic E-state index is -3.19. The van der Waals surface area contributed by atoms with Gasteiger partial charge in [0, 0.05) is 30.6 Å². The molecule has 134 valence electrons. The van der Waals surface area contributed by atoms with E-state index in [9.17, 15) is 13.2 Å². The first-order valence-corrected chi connectivity index (χ1v) is 10.3. The number of nitrogens with zero attached hydrogens (tertiary/aromatic N) is 2. The molecule has 24 heavy (non-hydrogen) atoms. The first-order chi connectivity index (χ1) is 11.4. The Kier molecular flexibility index (Phi) is 4.96. The molecule has 1 aliphatic heterocycles. The van der Waals surface area contributed by atoms with Crippen molar-refractivity contribution in [2.45, 2.75) is 64.0 Å². The van der Waals surface area contributed by atoms with Gasteiger partial charge in [0.05, 0.1) is 5.75 Å². The van der Waals surface area contributed by atoms with E-state index in [1.807, 2.05) is 13.8 Å². The lowest BCUT2D eigenvalue weighted by molar-refractivity contribution is 0.0905. The topological polar surface area (TPSA) is 92.5 Å². The summed E-state index contributed by atoms with van der Waals surface area (Å²) in [7, 11) is -3.19. The van der Waals surface area contributed by atoms with Crippen molar-refractivity contribution in [3.05, 3.63) is 17.5 Å². The normalized spacial score (nSPS) is 25.6. The third-order valence-electron chi connectivity index (χ3n) is 4.71. The fourth-order valence-corrected chi connectivity index (χ4v) is 5.05. The molecule has 1 N–H and O–H groups in total. The number of sulfonamides is 1. The van der Waals surface area contributed by atoms with Crippen LogP contribution in [0.2, 0.25) is 0 Å². The molecule has 0 bridgehead atoms. The zero-order valence-electron chi connectivity index (χ0n) is 14.2. The van der Waals surface area contributed by atoms with Gasteiger partial charge in [-0.2, -0.15) is 4.31 Å².